The normalized spacial score (nSPS) is 21.4. The number of benzene rings is 1. The molecule has 122 valence electrons. The first kappa shape index (κ1) is 15.6. The van der Waals surface area contributed by atoms with Gasteiger partial charge in [0.1, 0.15) is 5.56 Å². The predicted octanol–water partition coefficient (Wildman–Crippen LogP) is 2.92. The van der Waals surface area contributed by atoms with E-state index in [-0.39, 0.29) is 11.5 Å². The molecular formula is C18H21NO4. The van der Waals surface area contributed by atoms with E-state index in [1.54, 1.807) is 29.2 Å². The molecule has 0 bridgehead atoms. The van der Waals surface area contributed by atoms with Crippen LogP contribution in [0.5, 0.6) is 5.75 Å². The van der Waals surface area contributed by atoms with Gasteiger partial charge in [-0.25, -0.2) is 4.79 Å². The number of carbonyl (C=O) groups excluding carboxylic acids is 1. The van der Waals surface area contributed by atoms with Crippen LogP contribution >= 0.6 is 0 Å². The van der Waals surface area contributed by atoms with Crippen LogP contribution in [0.2, 0.25) is 0 Å². The summed E-state index contributed by atoms with van der Waals surface area (Å²) in [5.41, 5.74) is -0.151. The van der Waals surface area contributed by atoms with Gasteiger partial charge in [0.05, 0.1) is 7.11 Å². The van der Waals surface area contributed by atoms with Crippen LogP contribution in [0.4, 0.5) is 0 Å². The van der Waals surface area contributed by atoms with E-state index < -0.39 is 5.63 Å². The number of likely N-dealkylation sites (tertiary alicyclic amines) is 1. The third-order valence-corrected chi connectivity index (χ3v) is 4.33. The molecule has 1 aromatic carbocycles. The van der Waals surface area contributed by atoms with Gasteiger partial charge in [-0.3, -0.25) is 4.79 Å². The molecule has 0 spiro atoms. The highest BCUT2D eigenvalue weighted by Gasteiger charge is 2.28. The molecule has 0 saturated carbocycles. The number of rotatable bonds is 2. The van der Waals surface area contributed by atoms with Crippen LogP contribution in [0.1, 0.15) is 30.6 Å². The topological polar surface area (TPSA) is 59.8 Å². The van der Waals surface area contributed by atoms with Crippen molar-refractivity contribution in [3.05, 3.63) is 40.2 Å². The summed E-state index contributed by atoms with van der Waals surface area (Å²) in [6, 6.07) is 6.94. The first-order chi connectivity index (χ1) is 11.0. The van der Waals surface area contributed by atoms with Crippen molar-refractivity contribution in [2.75, 3.05) is 20.2 Å². The van der Waals surface area contributed by atoms with Gasteiger partial charge in [-0.1, -0.05) is 26.0 Å². The molecule has 0 N–H and O–H groups in total. The van der Waals surface area contributed by atoms with Crippen molar-refractivity contribution in [3.63, 3.8) is 0 Å². The van der Waals surface area contributed by atoms with Gasteiger partial charge in [-0.2, -0.15) is 0 Å². The van der Waals surface area contributed by atoms with E-state index in [4.69, 9.17) is 9.15 Å². The Morgan fingerprint density at radius 3 is 2.61 bits per heavy atom. The molecule has 2 aromatic rings. The minimum atomic E-state index is -0.613. The van der Waals surface area contributed by atoms with E-state index in [1.165, 1.54) is 7.11 Å². The van der Waals surface area contributed by atoms with Crippen LogP contribution in [0.3, 0.4) is 0 Å². The smallest absolute Gasteiger partial charge is 0.349 e. The zero-order chi connectivity index (χ0) is 16.6. The summed E-state index contributed by atoms with van der Waals surface area (Å²) in [6.07, 6.45) is 1.10. The Balaban J connectivity index is 2.01. The van der Waals surface area contributed by atoms with Crippen molar-refractivity contribution in [1.82, 2.24) is 4.90 Å². The van der Waals surface area contributed by atoms with Crippen LogP contribution in [-0.4, -0.2) is 31.0 Å². The molecule has 1 saturated heterocycles. The third kappa shape index (κ3) is 2.96. The van der Waals surface area contributed by atoms with E-state index >= 15 is 0 Å². The van der Waals surface area contributed by atoms with Gasteiger partial charge in [0.2, 0.25) is 0 Å². The highest BCUT2D eigenvalue weighted by Crippen LogP contribution is 2.26. The Morgan fingerprint density at radius 1 is 1.26 bits per heavy atom. The zero-order valence-corrected chi connectivity index (χ0v) is 13.7. The fourth-order valence-electron chi connectivity index (χ4n) is 3.43. The second-order valence-electron chi connectivity index (χ2n) is 6.48. The van der Waals surface area contributed by atoms with Crippen molar-refractivity contribution in [1.29, 1.82) is 0 Å². The molecule has 23 heavy (non-hydrogen) atoms. The fraction of sp³-hybridized carbons (Fsp3) is 0.444. The molecule has 0 aliphatic carbocycles. The predicted molar refractivity (Wildman–Crippen MR) is 87.9 cm³/mol. The maximum Gasteiger partial charge on any atom is 0.349 e. The minimum Gasteiger partial charge on any atom is -0.493 e. The van der Waals surface area contributed by atoms with Crippen LogP contribution in [0.25, 0.3) is 11.0 Å². The van der Waals surface area contributed by atoms with Crippen LogP contribution in [0.15, 0.2) is 33.5 Å². The first-order valence-electron chi connectivity index (χ1n) is 7.89. The lowest BCUT2D eigenvalue weighted by molar-refractivity contribution is 0.0619. The van der Waals surface area contributed by atoms with Crippen molar-refractivity contribution in [2.24, 2.45) is 11.8 Å². The van der Waals surface area contributed by atoms with Gasteiger partial charge >= 0.3 is 5.63 Å². The number of carbonyl (C=O) groups is 1. The molecule has 5 nitrogen and oxygen atoms in total. The molecule has 5 heteroatoms. The minimum absolute atomic E-state index is 0.0899. The molecule has 0 radical (unpaired) electrons. The molecule has 1 fully saturated rings. The van der Waals surface area contributed by atoms with Crippen molar-refractivity contribution in [3.8, 4) is 5.75 Å². The maximum atomic E-state index is 12.7. The molecule has 1 aliphatic heterocycles. The lowest BCUT2D eigenvalue weighted by Crippen LogP contribution is -2.43. The molecule has 2 atom stereocenters. The monoisotopic (exact) mass is 315 g/mol. The third-order valence-electron chi connectivity index (χ3n) is 4.33. The van der Waals surface area contributed by atoms with E-state index in [0.29, 0.717) is 41.6 Å². The van der Waals surface area contributed by atoms with E-state index in [1.807, 2.05) is 0 Å². The van der Waals surface area contributed by atoms with Crippen LogP contribution in [0, 0.1) is 11.8 Å². The van der Waals surface area contributed by atoms with Gasteiger partial charge in [0, 0.05) is 18.5 Å². The number of amides is 1. The number of piperidine rings is 1. The maximum absolute atomic E-state index is 12.7. The lowest BCUT2D eigenvalue weighted by atomic mass is 9.91. The Labute approximate surface area is 134 Å². The number of para-hydroxylation sites is 1. The van der Waals surface area contributed by atoms with E-state index in [0.717, 1.165) is 6.42 Å². The van der Waals surface area contributed by atoms with Crippen LogP contribution < -0.4 is 10.4 Å². The largest absolute Gasteiger partial charge is 0.493 e. The van der Waals surface area contributed by atoms with Gasteiger partial charge in [0.15, 0.2) is 11.3 Å². The molecular weight excluding hydrogens is 294 g/mol. The Kier molecular flexibility index (Phi) is 4.11. The Bertz CT molecular complexity index is 785. The summed E-state index contributed by atoms with van der Waals surface area (Å²) in [7, 11) is 1.52. The average Bonchev–Trinajstić information content (AvgIpc) is 2.52. The molecule has 1 amide bonds. The summed E-state index contributed by atoms with van der Waals surface area (Å²) in [5, 5.41) is 0.686. The van der Waals surface area contributed by atoms with E-state index in [9.17, 15) is 9.59 Å². The number of ether oxygens (including phenoxy) is 1. The van der Waals surface area contributed by atoms with Gasteiger partial charge in [-0.15, -0.1) is 0 Å². The quantitative estimate of drug-likeness (QED) is 0.800. The summed E-state index contributed by atoms with van der Waals surface area (Å²) in [6.45, 7) is 5.62. The first-order valence-corrected chi connectivity index (χ1v) is 7.89. The van der Waals surface area contributed by atoms with Crippen LogP contribution in [-0.2, 0) is 0 Å². The zero-order valence-electron chi connectivity index (χ0n) is 13.7. The summed E-state index contributed by atoms with van der Waals surface area (Å²) < 4.78 is 10.6. The highest BCUT2D eigenvalue weighted by molar-refractivity contribution is 5.97. The average molecular weight is 315 g/mol. The standard InChI is InChI=1S/C18H21NO4/c1-11-7-12(2)10-19(9-11)17(20)14-8-13-5-4-6-15(22-3)16(13)23-18(14)21/h4-6,8,11-12H,7,9-10H2,1-3H3/t11-,12-/m0/s1. The summed E-state index contributed by atoms with van der Waals surface area (Å²) in [4.78, 5) is 26.8. The van der Waals surface area contributed by atoms with Crippen molar-refractivity contribution >= 4 is 16.9 Å². The number of hydrogen-bond donors (Lipinski definition) is 0. The molecule has 1 aromatic heterocycles. The SMILES string of the molecule is COc1cccc2cc(C(=O)N3C[C@@H](C)C[C@H](C)C3)c(=O)oc12. The van der Waals surface area contributed by atoms with E-state index in [2.05, 4.69) is 13.8 Å². The summed E-state index contributed by atoms with van der Waals surface area (Å²) in [5.74, 6) is 1.12. The lowest BCUT2D eigenvalue weighted by Gasteiger charge is -2.34. The van der Waals surface area contributed by atoms with Gasteiger partial charge in [0.25, 0.3) is 5.91 Å². The summed E-state index contributed by atoms with van der Waals surface area (Å²) >= 11 is 0. The highest BCUT2D eigenvalue weighted by atomic mass is 16.5. The van der Waals surface area contributed by atoms with Gasteiger partial charge in [-0.05, 0) is 30.4 Å². The fourth-order valence-corrected chi connectivity index (χ4v) is 3.43. The number of hydrogen-bond acceptors (Lipinski definition) is 4. The molecule has 0 unspecified atom stereocenters. The Hall–Kier alpha value is -2.30. The number of fused-ring (bicyclic) bond motifs is 1. The molecule has 1 aliphatic rings. The molecule has 3 rings (SSSR count). The number of methoxy groups -OCH3 is 1. The number of nitrogens with zero attached hydrogens (tertiary/aromatic N) is 1. The second-order valence-corrected chi connectivity index (χ2v) is 6.48. The Morgan fingerprint density at radius 2 is 1.96 bits per heavy atom. The van der Waals surface area contributed by atoms with Crippen molar-refractivity contribution < 1.29 is 13.9 Å². The molecule has 2 heterocycles. The van der Waals surface area contributed by atoms with Crippen molar-refractivity contribution in [2.45, 2.75) is 20.3 Å². The van der Waals surface area contributed by atoms with Gasteiger partial charge < -0.3 is 14.1 Å². The second kappa shape index (κ2) is 6.07.